The molecule has 0 fully saturated rings. The van der Waals surface area contributed by atoms with Crippen LogP contribution in [0, 0.1) is 0 Å². The van der Waals surface area contributed by atoms with E-state index in [0.717, 1.165) is 6.92 Å². The summed E-state index contributed by atoms with van der Waals surface area (Å²) in [7, 11) is -9.26. The maximum Gasteiger partial charge on any atom is 0.371 e. The van der Waals surface area contributed by atoms with Crippen LogP contribution in [-0.2, 0) is 18.2 Å². The van der Waals surface area contributed by atoms with Gasteiger partial charge in [0.2, 0.25) is 0 Å². The molecule has 0 aliphatic rings. The van der Waals surface area contributed by atoms with Crippen LogP contribution in [0.3, 0.4) is 0 Å². The van der Waals surface area contributed by atoms with E-state index >= 15 is 0 Å². The zero-order valence-electron chi connectivity index (χ0n) is 8.78. The molecule has 0 saturated carbocycles. The summed E-state index contributed by atoms with van der Waals surface area (Å²) in [6.07, 6.45) is 0. The molecule has 0 aliphatic heterocycles. The number of rotatable bonds is 6. The summed E-state index contributed by atoms with van der Waals surface area (Å²) in [6.45, 7) is 3.23. The first-order valence-corrected chi connectivity index (χ1v) is 7.45. The molecule has 0 aromatic rings. The monoisotopic (exact) mass is 262 g/mol. The van der Waals surface area contributed by atoms with Gasteiger partial charge in [-0.05, 0) is 20.8 Å². The van der Waals surface area contributed by atoms with Crippen molar-refractivity contribution in [1.29, 1.82) is 0 Å². The SMILES string of the molecule is CCOP(=O)(O)C(C)(O)P(=O)(O)OCC. The Bertz CT molecular complexity index is 272. The minimum atomic E-state index is -4.63. The minimum Gasteiger partial charge on any atom is -0.368 e. The van der Waals surface area contributed by atoms with Crippen LogP contribution in [0.5, 0.6) is 0 Å². The number of hydrogen-bond donors (Lipinski definition) is 3. The fourth-order valence-electron chi connectivity index (χ4n) is 0.754. The zero-order chi connectivity index (χ0) is 12.3. The van der Waals surface area contributed by atoms with Gasteiger partial charge in [-0.1, -0.05) is 0 Å². The molecule has 9 heteroatoms. The van der Waals surface area contributed by atoms with Gasteiger partial charge in [-0.3, -0.25) is 9.13 Å². The molecule has 2 atom stereocenters. The summed E-state index contributed by atoms with van der Waals surface area (Å²) in [5.41, 5.74) is 0. The van der Waals surface area contributed by atoms with E-state index in [1.54, 1.807) is 0 Å². The third kappa shape index (κ3) is 3.11. The molecule has 0 aromatic carbocycles. The maximum absolute atomic E-state index is 11.4. The normalized spacial score (nSPS) is 23.9. The Hall–Kier alpha value is 0.260. The lowest BCUT2D eigenvalue weighted by Gasteiger charge is -2.30. The van der Waals surface area contributed by atoms with Gasteiger partial charge in [0, 0.05) is 0 Å². The van der Waals surface area contributed by atoms with E-state index in [1.165, 1.54) is 13.8 Å². The topological polar surface area (TPSA) is 113 Å². The van der Waals surface area contributed by atoms with Crippen molar-refractivity contribution >= 4 is 15.2 Å². The highest BCUT2D eigenvalue weighted by atomic mass is 31.2. The fraction of sp³-hybridized carbons (Fsp3) is 1.00. The molecule has 0 spiro atoms. The lowest BCUT2D eigenvalue weighted by molar-refractivity contribution is 0.119. The summed E-state index contributed by atoms with van der Waals surface area (Å²) in [5, 5.41) is 6.73. The lowest BCUT2D eigenvalue weighted by atomic mass is 10.9. The van der Waals surface area contributed by atoms with Gasteiger partial charge in [-0.2, -0.15) is 0 Å². The van der Waals surface area contributed by atoms with Gasteiger partial charge < -0.3 is 23.9 Å². The summed E-state index contributed by atoms with van der Waals surface area (Å²) < 4.78 is 31.6. The van der Waals surface area contributed by atoms with Gasteiger partial charge in [-0.15, -0.1) is 0 Å². The summed E-state index contributed by atoms with van der Waals surface area (Å²) in [5.74, 6) is 0. The van der Waals surface area contributed by atoms with Crippen molar-refractivity contribution in [1.82, 2.24) is 0 Å². The van der Waals surface area contributed by atoms with Gasteiger partial charge in [0.1, 0.15) is 0 Å². The summed E-state index contributed by atoms with van der Waals surface area (Å²) >= 11 is 0. The standard InChI is InChI=1S/C6H16O7P2/c1-4-12-14(8,9)6(3,7)15(10,11)13-5-2/h7H,4-5H2,1-3H3,(H,8,9)(H,10,11). The van der Waals surface area contributed by atoms with Crippen molar-refractivity contribution in [2.75, 3.05) is 13.2 Å². The highest BCUT2D eigenvalue weighted by Crippen LogP contribution is 2.71. The van der Waals surface area contributed by atoms with E-state index in [0.29, 0.717) is 0 Å². The van der Waals surface area contributed by atoms with Gasteiger partial charge in [0.25, 0.3) is 5.08 Å². The Morgan fingerprint density at radius 1 is 1.07 bits per heavy atom. The Morgan fingerprint density at radius 3 is 1.53 bits per heavy atom. The Kier molecular flexibility index (Phi) is 5.15. The molecule has 3 N–H and O–H groups in total. The minimum absolute atomic E-state index is 0.171. The van der Waals surface area contributed by atoms with Crippen LogP contribution in [0.25, 0.3) is 0 Å². The molecule has 0 amide bonds. The number of aliphatic hydroxyl groups is 1. The van der Waals surface area contributed by atoms with Crippen LogP contribution in [0.2, 0.25) is 0 Å². The van der Waals surface area contributed by atoms with Crippen LogP contribution >= 0.6 is 15.2 Å². The van der Waals surface area contributed by atoms with Crippen molar-refractivity contribution in [3.8, 4) is 0 Å². The highest BCUT2D eigenvalue weighted by Gasteiger charge is 2.58. The Labute approximate surface area is 88.1 Å². The van der Waals surface area contributed by atoms with E-state index in [-0.39, 0.29) is 13.2 Å². The molecule has 15 heavy (non-hydrogen) atoms. The second kappa shape index (κ2) is 5.06. The molecule has 2 unspecified atom stereocenters. The summed E-state index contributed by atoms with van der Waals surface area (Å²) in [6, 6.07) is 0. The van der Waals surface area contributed by atoms with Crippen LogP contribution in [-0.4, -0.2) is 33.2 Å². The van der Waals surface area contributed by atoms with Gasteiger partial charge in [0.05, 0.1) is 13.2 Å². The van der Waals surface area contributed by atoms with Gasteiger partial charge in [0.15, 0.2) is 0 Å². The second-order valence-electron chi connectivity index (χ2n) is 2.85. The predicted octanol–water partition coefficient (Wildman–Crippen LogP) is 1.10. The molecule has 0 rings (SSSR count). The van der Waals surface area contributed by atoms with Crippen LogP contribution < -0.4 is 0 Å². The van der Waals surface area contributed by atoms with Gasteiger partial charge >= 0.3 is 15.2 Å². The molecule has 0 aliphatic carbocycles. The van der Waals surface area contributed by atoms with Crippen molar-refractivity contribution in [2.24, 2.45) is 0 Å². The molecular weight excluding hydrogens is 246 g/mol. The smallest absolute Gasteiger partial charge is 0.368 e. The summed E-state index contributed by atoms with van der Waals surface area (Å²) in [4.78, 5) is 18.6. The second-order valence-corrected chi connectivity index (χ2v) is 7.54. The first-order chi connectivity index (χ1) is 6.62. The quantitative estimate of drug-likeness (QED) is 0.614. The molecule has 7 nitrogen and oxygen atoms in total. The van der Waals surface area contributed by atoms with Crippen molar-refractivity contribution in [2.45, 2.75) is 25.9 Å². The average molecular weight is 262 g/mol. The Balaban J connectivity index is 5.12. The van der Waals surface area contributed by atoms with Crippen molar-refractivity contribution in [3.05, 3.63) is 0 Å². The molecule has 0 bridgehead atoms. The molecule has 92 valence electrons. The third-order valence-electron chi connectivity index (χ3n) is 1.68. The third-order valence-corrected chi connectivity index (χ3v) is 6.55. The zero-order valence-corrected chi connectivity index (χ0v) is 10.6. The highest BCUT2D eigenvalue weighted by molar-refractivity contribution is 7.72. The van der Waals surface area contributed by atoms with Crippen molar-refractivity contribution < 1.29 is 33.1 Å². The van der Waals surface area contributed by atoms with E-state index in [9.17, 15) is 24.0 Å². The predicted molar refractivity (Wildman–Crippen MR) is 53.5 cm³/mol. The van der Waals surface area contributed by atoms with E-state index < -0.39 is 20.3 Å². The van der Waals surface area contributed by atoms with E-state index in [2.05, 4.69) is 9.05 Å². The van der Waals surface area contributed by atoms with Crippen LogP contribution in [0.4, 0.5) is 0 Å². The van der Waals surface area contributed by atoms with Gasteiger partial charge in [-0.25, -0.2) is 0 Å². The molecule has 0 saturated heterocycles. The molecule has 0 aromatic heterocycles. The maximum atomic E-state index is 11.4. The van der Waals surface area contributed by atoms with Crippen LogP contribution in [0.15, 0.2) is 0 Å². The number of hydrogen-bond acceptors (Lipinski definition) is 5. The van der Waals surface area contributed by atoms with E-state index in [4.69, 9.17) is 0 Å². The lowest BCUT2D eigenvalue weighted by Crippen LogP contribution is -2.26. The fourth-order valence-corrected chi connectivity index (χ4v) is 3.57. The Morgan fingerprint density at radius 2 is 1.33 bits per heavy atom. The van der Waals surface area contributed by atoms with Crippen molar-refractivity contribution in [3.63, 3.8) is 0 Å². The largest absolute Gasteiger partial charge is 0.371 e. The van der Waals surface area contributed by atoms with Crippen LogP contribution in [0.1, 0.15) is 20.8 Å². The average Bonchev–Trinajstić information content (AvgIpc) is 2.03. The first-order valence-electron chi connectivity index (χ1n) is 4.29. The molecule has 0 radical (unpaired) electrons. The first kappa shape index (κ1) is 15.3. The van der Waals surface area contributed by atoms with E-state index in [1.807, 2.05) is 0 Å². The molecule has 0 heterocycles. The molecular formula is C6H16O7P2.